The number of benzene rings is 1. The van der Waals surface area contributed by atoms with E-state index in [-0.39, 0.29) is 0 Å². The fourth-order valence-corrected chi connectivity index (χ4v) is 3.30. The zero-order valence-corrected chi connectivity index (χ0v) is 11.6. The molecule has 0 amide bonds. The fourth-order valence-electron chi connectivity index (χ4n) is 1.40. The lowest BCUT2D eigenvalue weighted by atomic mass is 10.3. The molecule has 1 atom stereocenters. The first-order valence-electron chi connectivity index (χ1n) is 5.59. The van der Waals surface area contributed by atoms with Crippen LogP contribution in [0.25, 0.3) is 0 Å². The molecule has 0 aliphatic rings. The summed E-state index contributed by atoms with van der Waals surface area (Å²) in [4.78, 5) is 7.06. The van der Waals surface area contributed by atoms with Gasteiger partial charge in [-0.15, -0.1) is 23.1 Å². The zero-order valence-electron chi connectivity index (χ0n) is 10.0. The molecule has 0 bridgehead atoms. The van der Waals surface area contributed by atoms with E-state index in [1.807, 2.05) is 31.1 Å². The van der Waals surface area contributed by atoms with Gasteiger partial charge in [0, 0.05) is 22.0 Å². The van der Waals surface area contributed by atoms with Crippen molar-refractivity contribution in [2.45, 2.75) is 23.6 Å². The third kappa shape index (κ3) is 3.56. The zero-order chi connectivity index (χ0) is 12.1. The second-order valence-corrected chi connectivity index (χ2v) is 5.96. The second-order valence-electron chi connectivity index (χ2n) is 3.77. The van der Waals surface area contributed by atoms with Crippen molar-refractivity contribution in [3.05, 3.63) is 46.4 Å². The SMILES string of the molecule is CNC(C)c1cnc(CSc2ccccc2)s1. The van der Waals surface area contributed by atoms with Gasteiger partial charge in [-0.05, 0) is 26.1 Å². The molecule has 0 spiro atoms. The van der Waals surface area contributed by atoms with E-state index >= 15 is 0 Å². The van der Waals surface area contributed by atoms with Gasteiger partial charge in [0.15, 0.2) is 0 Å². The van der Waals surface area contributed by atoms with Crippen molar-refractivity contribution in [3.63, 3.8) is 0 Å². The molecule has 0 radical (unpaired) electrons. The van der Waals surface area contributed by atoms with Gasteiger partial charge in [0.1, 0.15) is 5.01 Å². The maximum Gasteiger partial charge on any atom is 0.103 e. The minimum Gasteiger partial charge on any atom is -0.312 e. The van der Waals surface area contributed by atoms with Crippen LogP contribution in [0, 0.1) is 0 Å². The van der Waals surface area contributed by atoms with Crippen molar-refractivity contribution in [2.75, 3.05) is 7.05 Å². The van der Waals surface area contributed by atoms with Crippen LogP contribution in [-0.4, -0.2) is 12.0 Å². The first-order chi connectivity index (χ1) is 8.29. The third-order valence-corrected chi connectivity index (χ3v) is 4.92. The molecule has 2 nitrogen and oxygen atoms in total. The third-order valence-electron chi connectivity index (χ3n) is 2.54. The standard InChI is InChI=1S/C13H16N2S2/c1-10(14-2)12-8-15-13(17-12)9-16-11-6-4-3-5-7-11/h3-8,10,14H,9H2,1-2H3. The molecule has 0 saturated heterocycles. The van der Waals surface area contributed by atoms with Gasteiger partial charge < -0.3 is 5.32 Å². The molecule has 2 aromatic rings. The van der Waals surface area contributed by atoms with Crippen LogP contribution in [0.5, 0.6) is 0 Å². The van der Waals surface area contributed by atoms with Gasteiger partial charge in [-0.3, -0.25) is 0 Å². The Labute approximate surface area is 110 Å². The van der Waals surface area contributed by atoms with E-state index in [9.17, 15) is 0 Å². The summed E-state index contributed by atoms with van der Waals surface area (Å²) in [6, 6.07) is 10.8. The Morgan fingerprint density at radius 1 is 1.35 bits per heavy atom. The van der Waals surface area contributed by atoms with E-state index in [0.29, 0.717) is 6.04 Å². The molecule has 1 unspecified atom stereocenters. The Kier molecular flexibility index (Phi) is 4.59. The number of hydrogen-bond donors (Lipinski definition) is 1. The lowest BCUT2D eigenvalue weighted by Gasteiger charge is -2.04. The van der Waals surface area contributed by atoms with Gasteiger partial charge in [-0.25, -0.2) is 4.98 Å². The van der Waals surface area contributed by atoms with Crippen LogP contribution in [0.2, 0.25) is 0 Å². The molecule has 1 N–H and O–H groups in total. The summed E-state index contributed by atoms with van der Waals surface area (Å²) in [5, 5.41) is 4.42. The van der Waals surface area contributed by atoms with Gasteiger partial charge in [-0.1, -0.05) is 18.2 Å². The Balaban J connectivity index is 1.94. The number of nitrogens with one attached hydrogen (secondary N) is 1. The predicted molar refractivity (Wildman–Crippen MR) is 75.6 cm³/mol. The highest BCUT2D eigenvalue weighted by Crippen LogP contribution is 2.27. The van der Waals surface area contributed by atoms with Crippen LogP contribution in [0.4, 0.5) is 0 Å². The summed E-state index contributed by atoms with van der Waals surface area (Å²) >= 11 is 3.62. The molecule has 1 aromatic heterocycles. The number of thioether (sulfide) groups is 1. The van der Waals surface area contributed by atoms with E-state index in [1.54, 1.807) is 11.3 Å². The number of nitrogens with zero attached hydrogens (tertiary/aromatic N) is 1. The average Bonchev–Trinajstić information content (AvgIpc) is 2.85. The normalized spacial score (nSPS) is 12.6. The molecule has 17 heavy (non-hydrogen) atoms. The van der Waals surface area contributed by atoms with E-state index in [0.717, 1.165) is 5.75 Å². The summed E-state index contributed by atoms with van der Waals surface area (Å²) in [5.41, 5.74) is 0. The highest BCUT2D eigenvalue weighted by Gasteiger charge is 2.07. The predicted octanol–water partition coefficient (Wildman–Crippen LogP) is 3.72. The van der Waals surface area contributed by atoms with Crippen LogP contribution in [0.15, 0.2) is 41.4 Å². The van der Waals surface area contributed by atoms with E-state index in [1.165, 1.54) is 14.8 Å². The molecule has 0 aliphatic heterocycles. The first-order valence-corrected chi connectivity index (χ1v) is 7.39. The minimum absolute atomic E-state index is 0.392. The van der Waals surface area contributed by atoms with Crippen LogP contribution in [0.3, 0.4) is 0 Å². The summed E-state index contributed by atoms with van der Waals surface area (Å²) in [6.07, 6.45) is 1.98. The maximum absolute atomic E-state index is 4.46. The Bertz CT molecular complexity index is 453. The highest BCUT2D eigenvalue weighted by molar-refractivity contribution is 7.98. The number of aromatic nitrogens is 1. The van der Waals surface area contributed by atoms with E-state index < -0.39 is 0 Å². The molecule has 4 heteroatoms. The van der Waals surface area contributed by atoms with Crippen molar-refractivity contribution < 1.29 is 0 Å². The van der Waals surface area contributed by atoms with Gasteiger partial charge in [0.2, 0.25) is 0 Å². The molecule has 0 saturated carbocycles. The lowest BCUT2D eigenvalue weighted by Crippen LogP contribution is -2.10. The van der Waals surface area contributed by atoms with Crippen molar-refractivity contribution in [3.8, 4) is 0 Å². The summed E-state index contributed by atoms with van der Waals surface area (Å²) in [5.74, 6) is 0.950. The van der Waals surface area contributed by atoms with E-state index in [4.69, 9.17) is 0 Å². The van der Waals surface area contributed by atoms with Crippen LogP contribution >= 0.6 is 23.1 Å². The van der Waals surface area contributed by atoms with Crippen molar-refractivity contribution in [2.24, 2.45) is 0 Å². The average molecular weight is 264 g/mol. The highest BCUT2D eigenvalue weighted by atomic mass is 32.2. The number of hydrogen-bond acceptors (Lipinski definition) is 4. The fraction of sp³-hybridized carbons (Fsp3) is 0.308. The van der Waals surface area contributed by atoms with Crippen LogP contribution in [-0.2, 0) is 5.75 Å². The van der Waals surface area contributed by atoms with Crippen LogP contribution < -0.4 is 5.32 Å². The Hall–Kier alpha value is -0.840. The molecule has 1 aromatic carbocycles. The van der Waals surface area contributed by atoms with Crippen molar-refractivity contribution in [1.29, 1.82) is 0 Å². The monoisotopic (exact) mass is 264 g/mol. The Morgan fingerprint density at radius 2 is 2.12 bits per heavy atom. The minimum atomic E-state index is 0.392. The summed E-state index contributed by atoms with van der Waals surface area (Å²) in [6.45, 7) is 2.15. The molecular weight excluding hydrogens is 248 g/mol. The smallest absolute Gasteiger partial charge is 0.103 e. The topological polar surface area (TPSA) is 24.9 Å². The number of rotatable bonds is 5. The molecular formula is C13H16N2S2. The molecule has 0 aliphatic carbocycles. The quantitative estimate of drug-likeness (QED) is 0.833. The first kappa shape index (κ1) is 12.6. The largest absolute Gasteiger partial charge is 0.312 e. The molecule has 2 rings (SSSR count). The van der Waals surface area contributed by atoms with Gasteiger partial charge in [0.25, 0.3) is 0 Å². The summed E-state index contributed by atoms with van der Waals surface area (Å²) in [7, 11) is 1.97. The Morgan fingerprint density at radius 3 is 2.82 bits per heavy atom. The van der Waals surface area contributed by atoms with Crippen molar-refractivity contribution in [1.82, 2.24) is 10.3 Å². The number of thiazole rings is 1. The second kappa shape index (κ2) is 6.19. The lowest BCUT2D eigenvalue weighted by molar-refractivity contribution is 0.662. The van der Waals surface area contributed by atoms with E-state index in [2.05, 4.69) is 41.5 Å². The maximum atomic E-state index is 4.46. The van der Waals surface area contributed by atoms with Gasteiger partial charge >= 0.3 is 0 Å². The van der Waals surface area contributed by atoms with Crippen molar-refractivity contribution >= 4 is 23.1 Å². The molecule has 0 fully saturated rings. The molecule has 90 valence electrons. The molecule has 1 heterocycles. The van der Waals surface area contributed by atoms with Crippen LogP contribution in [0.1, 0.15) is 22.9 Å². The summed E-state index contributed by atoms with van der Waals surface area (Å²) < 4.78 is 0. The van der Waals surface area contributed by atoms with Gasteiger partial charge in [0.05, 0.1) is 5.75 Å². The van der Waals surface area contributed by atoms with Gasteiger partial charge in [-0.2, -0.15) is 0 Å².